The summed E-state index contributed by atoms with van der Waals surface area (Å²) in [6, 6.07) is 7.23. The van der Waals surface area contributed by atoms with E-state index in [4.69, 9.17) is 9.47 Å². The van der Waals surface area contributed by atoms with Crippen molar-refractivity contribution in [1.82, 2.24) is 29.1 Å². The van der Waals surface area contributed by atoms with Crippen molar-refractivity contribution in [1.29, 1.82) is 0 Å². The van der Waals surface area contributed by atoms with Crippen LogP contribution in [0.3, 0.4) is 0 Å². The third-order valence-corrected chi connectivity index (χ3v) is 4.99. The van der Waals surface area contributed by atoms with Gasteiger partial charge < -0.3 is 14.0 Å². The van der Waals surface area contributed by atoms with E-state index >= 15 is 0 Å². The number of fused-ring (bicyclic) bond motifs is 2. The molecule has 0 atom stereocenters. The number of pyridine rings is 1. The molecule has 0 aliphatic rings. The highest BCUT2D eigenvalue weighted by Crippen LogP contribution is 2.28. The number of benzene rings is 1. The summed E-state index contributed by atoms with van der Waals surface area (Å²) < 4.78 is 42.2. The molecule has 0 saturated heterocycles. The van der Waals surface area contributed by atoms with Crippen molar-refractivity contribution in [2.24, 2.45) is 0 Å². The van der Waals surface area contributed by atoms with E-state index in [9.17, 15) is 8.78 Å². The van der Waals surface area contributed by atoms with Gasteiger partial charge in [0.05, 0.1) is 43.7 Å². The average molecular weight is 422 g/mol. The van der Waals surface area contributed by atoms with Gasteiger partial charge >= 0.3 is 0 Å². The van der Waals surface area contributed by atoms with Crippen molar-refractivity contribution in [3.63, 3.8) is 0 Å². The Morgan fingerprint density at radius 1 is 1.00 bits per heavy atom. The van der Waals surface area contributed by atoms with Gasteiger partial charge in [0.2, 0.25) is 5.88 Å². The number of aromatic nitrogens is 6. The van der Waals surface area contributed by atoms with Crippen LogP contribution in [0.4, 0.5) is 8.78 Å². The van der Waals surface area contributed by atoms with Gasteiger partial charge in [-0.25, -0.2) is 18.7 Å². The van der Waals surface area contributed by atoms with Crippen molar-refractivity contribution in [2.45, 2.75) is 6.54 Å². The summed E-state index contributed by atoms with van der Waals surface area (Å²) in [7, 11) is 3.00. The molecule has 4 heterocycles. The van der Waals surface area contributed by atoms with Gasteiger partial charge in [0.15, 0.2) is 5.65 Å². The topological polar surface area (TPSA) is 79.9 Å². The van der Waals surface area contributed by atoms with Crippen LogP contribution in [0.15, 0.2) is 49.1 Å². The molecule has 5 aromatic rings. The van der Waals surface area contributed by atoms with Crippen molar-refractivity contribution in [3.8, 4) is 17.6 Å². The maximum absolute atomic E-state index is 14.3. The fourth-order valence-electron chi connectivity index (χ4n) is 3.56. The normalized spacial score (nSPS) is 11.4. The Bertz CT molecular complexity index is 1430. The third-order valence-electron chi connectivity index (χ3n) is 4.99. The third kappa shape index (κ3) is 3.12. The zero-order valence-corrected chi connectivity index (χ0v) is 16.6. The van der Waals surface area contributed by atoms with Gasteiger partial charge in [-0.05, 0) is 30.3 Å². The van der Waals surface area contributed by atoms with E-state index in [1.807, 2.05) is 22.9 Å². The number of hydrogen-bond donors (Lipinski definition) is 0. The number of imidazole rings is 1. The predicted octanol–water partition coefficient (Wildman–Crippen LogP) is 3.51. The first-order valence-corrected chi connectivity index (χ1v) is 9.29. The summed E-state index contributed by atoms with van der Waals surface area (Å²) in [4.78, 5) is 17.2. The molecule has 1 aromatic carbocycles. The summed E-state index contributed by atoms with van der Waals surface area (Å²) in [5.41, 5.74) is 3.26. The lowest BCUT2D eigenvalue weighted by atomic mass is 10.2. The maximum Gasteiger partial charge on any atom is 0.298 e. The van der Waals surface area contributed by atoms with Gasteiger partial charge in [-0.15, -0.1) is 0 Å². The lowest BCUT2D eigenvalue weighted by molar-refractivity contribution is 0.363. The first kappa shape index (κ1) is 18.9. The zero-order chi connectivity index (χ0) is 21.5. The van der Waals surface area contributed by atoms with E-state index < -0.39 is 11.6 Å². The maximum atomic E-state index is 14.3. The van der Waals surface area contributed by atoms with Gasteiger partial charge in [-0.3, -0.25) is 4.57 Å². The molecule has 10 heteroatoms. The lowest BCUT2D eigenvalue weighted by Gasteiger charge is -2.11. The molecule has 0 aliphatic carbocycles. The highest BCUT2D eigenvalue weighted by Gasteiger charge is 2.17. The number of ether oxygens (including phenoxy) is 2. The minimum absolute atomic E-state index is 0.0211. The van der Waals surface area contributed by atoms with Crippen LogP contribution in [0.2, 0.25) is 0 Å². The largest absolute Gasteiger partial charge is 0.479 e. The molecular formula is C21H16F2N6O2. The second-order valence-corrected chi connectivity index (χ2v) is 6.76. The van der Waals surface area contributed by atoms with E-state index in [-0.39, 0.29) is 18.1 Å². The molecule has 0 fully saturated rings. The van der Waals surface area contributed by atoms with Gasteiger partial charge in [0, 0.05) is 11.8 Å². The highest BCUT2D eigenvalue weighted by molar-refractivity contribution is 5.83. The van der Waals surface area contributed by atoms with Crippen LogP contribution in [-0.2, 0) is 6.54 Å². The van der Waals surface area contributed by atoms with Crippen LogP contribution in [0.25, 0.3) is 27.9 Å². The van der Waals surface area contributed by atoms with Crippen molar-refractivity contribution >= 4 is 22.2 Å². The van der Waals surface area contributed by atoms with Crippen LogP contribution in [0.1, 0.15) is 5.56 Å². The standard InChI is InChI=1S/C21H16F2N6O2/c1-30-20-18-16(25-11-26-20)5-6-28(18)14-8-17-19(24-9-14)27-21(31-2)29(17)10-12-7-13(22)3-4-15(12)23/h3-9,11H,10H2,1-2H3. The first-order valence-electron chi connectivity index (χ1n) is 9.29. The number of nitrogens with zero attached hydrogens (tertiary/aromatic N) is 6. The molecule has 0 spiro atoms. The number of rotatable bonds is 5. The molecule has 156 valence electrons. The molecule has 0 bridgehead atoms. The van der Waals surface area contributed by atoms with Crippen LogP contribution in [0.5, 0.6) is 11.9 Å². The Hall–Kier alpha value is -4.08. The summed E-state index contributed by atoms with van der Waals surface area (Å²) >= 11 is 0. The second kappa shape index (κ2) is 7.31. The fraction of sp³-hybridized carbons (Fsp3) is 0.143. The lowest BCUT2D eigenvalue weighted by Crippen LogP contribution is -2.05. The van der Waals surface area contributed by atoms with Gasteiger partial charge in [-0.2, -0.15) is 9.97 Å². The van der Waals surface area contributed by atoms with Crippen molar-refractivity contribution < 1.29 is 18.3 Å². The van der Waals surface area contributed by atoms with Gasteiger partial charge in [0.25, 0.3) is 6.01 Å². The smallest absolute Gasteiger partial charge is 0.298 e. The van der Waals surface area contributed by atoms with E-state index in [0.717, 1.165) is 18.2 Å². The summed E-state index contributed by atoms with van der Waals surface area (Å²) in [6.07, 6.45) is 4.91. The molecule has 5 rings (SSSR count). The Balaban J connectivity index is 1.68. The van der Waals surface area contributed by atoms with Crippen LogP contribution >= 0.6 is 0 Å². The molecule has 0 amide bonds. The van der Waals surface area contributed by atoms with Crippen LogP contribution in [-0.4, -0.2) is 43.3 Å². The summed E-state index contributed by atoms with van der Waals surface area (Å²) in [6.45, 7) is 0.0211. The van der Waals surface area contributed by atoms with E-state index in [2.05, 4.69) is 19.9 Å². The van der Waals surface area contributed by atoms with Crippen LogP contribution < -0.4 is 9.47 Å². The first-order chi connectivity index (χ1) is 15.1. The van der Waals surface area contributed by atoms with E-state index in [1.54, 1.807) is 10.8 Å². The molecule has 4 aromatic heterocycles. The van der Waals surface area contributed by atoms with Crippen molar-refractivity contribution in [2.75, 3.05) is 14.2 Å². The van der Waals surface area contributed by atoms with E-state index in [0.29, 0.717) is 33.8 Å². The van der Waals surface area contributed by atoms with Gasteiger partial charge in [0.1, 0.15) is 23.5 Å². The molecular weight excluding hydrogens is 406 g/mol. The Kier molecular flexibility index (Phi) is 4.46. The minimum atomic E-state index is -0.524. The molecule has 0 radical (unpaired) electrons. The number of halogens is 2. The fourth-order valence-corrected chi connectivity index (χ4v) is 3.56. The zero-order valence-electron chi connectivity index (χ0n) is 16.6. The Labute approximate surface area is 174 Å². The Morgan fingerprint density at radius 2 is 1.87 bits per heavy atom. The minimum Gasteiger partial charge on any atom is -0.479 e. The Morgan fingerprint density at radius 3 is 2.68 bits per heavy atom. The number of methoxy groups -OCH3 is 2. The highest BCUT2D eigenvalue weighted by atomic mass is 19.1. The molecule has 0 saturated carbocycles. The molecule has 31 heavy (non-hydrogen) atoms. The summed E-state index contributed by atoms with van der Waals surface area (Å²) in [5.74, 6) is -0.625. The second-order valence-electron chi connectivity index (χ2n) is 6.76. The molecule has 8 nitrogen and oxygen atoms in total. The predicted molar refractivity (Wildman–Crippen MR) is 109 cm³/mol. The number of hydrogen-bond acceptors (Lipinski definition) is 6. The average Bonchev–Trinajstić information content (AvgIpc) is 3.37. The van der Waals surface area contributed by atoms with Crippen LogP contribution in [0, 0.1) is 11.6 Å². The van der Waals surface area contributed by atoms with Crippen molar-refractivity contribution in [3.05, 3.63) is 66.3 Å². The molecule has 0 aliphatic heterocycles. The SMILES string of the molecule is COc1ncnc2ccn(-c3cnc4nc(OC)n(Cc5cc(F)ccc5F)c4c3)c12. The quantitative estimate of drug-likeness (QED) is 0.431. The molecule has 0 unspecified atom stereocenters. The monoisotopic (exact) mass is 422 g/mol. The summed E-state index contributed by atoms with van der Waals surface area (Å²) in [5, 5.41) is 0. The van der Waals surface area contributed by atoms with Gasteiger partial charge in [-0.1, -0.05) is 0 Å². The van der Waals surface area contributed by atoms with E-state index in [1.165, 1.54) is 20.5 Å². The molecule has 0 N–H and O–H groups in total.